The van der Waals surface area contributed by atoms with Crippen LogP contribution >= 0.6 is 0 Å². The molecule has 0 atom stereocenters. The zero-order valence-corrected chi connectivity index (χ0v) is 17.2. The predicted octanol–water partition coefficient (Wildman–Crippen LogP) is 3.37. The number of H-pyrrole nitrogens is 1. The molecule has 2 amide bonds. The number of aromatic amines is 1. The normalized spacial score (nSPS) is 10.7. The number of carbonyl (C=O) groups is 2. The van der Waals surface area contributed by atoms with Crippen molar-refractivity contribution in [3.8, 4) is 17.2 Å². The quantitative estimate of drug-likeness (QED) is 0.489. The third-order valence-electron chi connectivity index (χ3n) is 4.26. The number of benzene rings is 2. The van der Waals surface area contributed by atoms with E-state index in [1.54, 1.807) is 36.4 Å². The summed E-state index contributed by atoms with van der Waals surface area (Å²) in [5.74, 6) is 1.65. The summed E-state index contributed by atoms with van der Waals surface area (Å²) in [5, 5.41) is 13.1. The fourth-order valence-electron chi connectivity index (χ4n) is 2.85. The number of urea groups is 1. The molecule has 0 aliphatic heterocycles. The van der Waals surface area contributed by atoms with Crippen LogP contribution in [0.2, 0.25) is 0 Å². The number of methoxy groups -OCH3 is 2. The van der Waals surface area contributed by atoms with E-state index in [0.29, 0.717) is 34.1 Å². The monoisotopic (exact) mass is 412 g/mol. The van der Waals surface area contributed by atoms with Crippen LogP contribution in [0, 0.1) is 0 Å². The Balaban J connectivity index is 1.70. The van der Waals surface area contributed by atoms with Gasteiger partial charge in [0.2, 0.25) is 5.78 Å². The van der Waals surface area contributed by atoms with Crippen molar-refractivity contribution in [3.63, 3.8) is 0 Å². The molecule has 9 heteroatoms. The van der Waals surface area contributed by atoms with Crippen LogP contribution in [0.4, 0.5) is 10.6 Å². The molecule has 0 spiro atoms. The summed E-state index contributed by atoms with van der Waals surface area (Å²) in [6.07, 6.45) is 0. The molecule has 158 valence electrons. The Morgan fingerprint density at radius 3 is 2.53 bits per heavy atom. The largest absolute Gasteiger partial charge is 0.497 e. The summed E-state index contributed by atoms with van der Waals surface area (Å²) >= 11 is 0. The molecule has 30 heavy (non-hydrogen) atoms. The number of rotatable bonds is 8. The number of hydrogen-bond acceptors (Lipinski definition) is 6. The molecule has 0 aliphatic rings. The number of ketones is 1. The maximum Gasteiger partial charge on any atom is 0.320 e. The SMILES string of the molecule is COc1ccc(OC)c(C(=O)COc2ccc3c(NC(=O)NC(C)C)n[nH]c3c2)c1. The average Bonchev–Trinajstić information content (AvgIpc) is 3.12. The first-order valence-electron chi connectivity index (χ1n) is 9.35. The lowest BCUT2D eigenvalue weighted by Crippen LogP contribution is -2.34. The van der Waals surface area contributed by atoms with Crippen molar-refractivity contribution < 1.29 is 23.8 Å². The van der Waals surface area contributed by atoms with E-state index >= 15 is 0 Å². The minimum atomic E-state index is -0.337. The molecule has 3 N–H and O–H groups in total. The van der Waals surface area contributed by atoms with Gasteiger partial charge in [-0.2, -0.15) is 5.10 Å². The Morgan fingerprint density at radius 1 is 1.07 bits per heavy atom. The smallest absolute Gasteiger partial charge is 0.320 e. The summed E-state index contributed by atoms with van der Waals surface area (Å²) in [7, 11) is 3.03. The topological polar surface area (TPSA) is 115 Å². The van der Waals surface area contributed by atoms with Crippen LogP contribution in [0.5, 0.6) is 17.2 Å². The first-order chi connectivity index (χ1) is 14.4. The minimum absolute atomic E-state index is 0.0101. The van der Waals surface area contributed by atoms with Gasteiger partial charge in [-0.05, 0) is 44.2 Å². The number of nitrogens with zero attached hydrogens (tertiary/aromatic N) is 1. The molecular formula is C21H24N4O5. The number of anilines is 1. The molecule has 0 bridgehead atoms. The zero-order chi connectivity index (χ0) is 21.7. The maximum absolute atomic E-state index is 12.6. The lowest BCUT2D eigenvalue weighted by atomic mass is 10.1. The molecular weight excluding hydrogens is 388 g/mol. The highest BCUT2D eigenvalue weighted by atomic mass is 16.5. The molecule has 0 saturated heterocycles. The van der Waals surface area contributed by atoms with Crippen molar-refractivity contribution in [2.75, 3.05) is 26.1 Å². The van der Waals surface area contributed by atoms with Gasteiger partial charge in [0.05, 0.1) is 25.3 Å². The van der Waals surface area contributed by atoms with E-state index in [2.05, 4.69) is 20.8 Å². The number of nitrogens with one attached hydrogen (secondary N) is 3. The molecule has 0 fully saturated rings. The number of ether oxygens (including phenoxy) is 3. The number of hydrogen-bond donors (Lipinski definition) is 3. The van der Waals surface area contributed by atoms with E-state index in [-0.39, 0.29) is 24.5 Å². The highest BCUT2D eigenvalue weighted by molar-refractivity contribution is 6.01. The van der Waals surface area contributed by atoms with Gasteiger partial charge in [0.15, 0.2) is 12.4 Å². The molecule has 0 aliphatic carbocycles. The summed E-state index contributed by atoms with van der Waals surface area (Å²) in [6.45, 7) is 3.56. The van der Waals surface area contributed by atoms with Gasteiger partial charge >= 0.3 is 6.03 Å². The van der Waals surface area contributed by atoms with Crippen LogP contribution < -0.4 is 24.8 Å². The molecule has 3 rings (SSSR count). The summed E-state index contributed by atoms with van der Waals surface area (Å²) in [6, 6.07) is 9.86. The van der Waals surface area contributed by atoms with Crippen LogP contribution in [0.1, 0.15) is 24.2 Å². The van der Waals surface area contributed by atoms with E-state index in [9.17, 15) is 9.59 Å². The van der Waals surface area contributed by atoms with Gasteiger partial charge in [-0.15, -0.1) is 0 Å². The van der Waals surface area contributed by atoms with E-state index < -0.39 is 0 Å². The van der Waals surface area contributed by atoms with Gasteiger partial charge in [-0.3, -0.25) is 15.2 Å². The molecule has 0 saturated carbocycles. The summed E-state index contributed by atoms with van der Waals surface area (Å²) < 4.78 is 16.1. The van der Waals surface area contributed by atoms with Gasteiger partial charge in [0, 0.05) is 17.5 Å². The van der Waals surface area contributed by atoms with Crippen LogP contribution in [-0.2, 0) is 0 Å². The molecule has 1 heterocycles. The second-order valence-electron chi connectivity index (χ2n) is 6.81. The predicted molar refractivity (Wildman–Crippen MR) is 113 cm³/mol. The number of Topliss-reactive ketones (excluding diaryl/α,β-unsaturated/α-hetero) is 1. The minimum Gasteiger partial charge on any atom is -0.497 e. The Morgan fingerprint density at radius 2 is 1.83 bits per heavy atom. The van der Waals surface area contributed by atoms with Crippen molar-refractivity contribution in [2.45, 2.75) is 19.9 Å². The fraction of sp³-hybridized carbons (Fsp3) is 0.286. The van der Waals surface area contributed by atoms with Crippen molar-refractivity contribution in [3.05, 3.63) is 42.0 Å². The van der Waals surface area contributed by atoms with E-state index in [1.807, 2.05) is 13.8 Å². The van der Waals surface area contributed by atoms with Gasteiger partial charge in [-0.25, -0.2) is 4.79 Å². The second kappa shape index (κ2) is 9.17. The van der Waals surface area contributed by atoms with Crippen LogP contribution in [-0.4, -0.2) is 48.9 Å². The van der Waals surface area contributed by atoms with Crippen molar-refractivity contribution in [2.24, 2.45) is 0 Å². The zero-order valence-electron chi connectivity index (χ0n) is 17.2. The number of carbonyl (C=O) groups excluding carboxylic acids is 2. The summed E-state index contributed by atoms with van der Waals surface area (Å²) in [5.41, 5.74) is 1.04. The molecule has 0 unspecified atom stereocenters. The van der Waals surface area contributed by atoms with Gasteiger partial charge in [-0.1, -0.05) is 0 Å². The van der Waals surface area contributed by atoms with Gasteiger partial charge in [0.25, 0.3) is 0 Å². The summed E-state index contributed by atoms with van der Waals surface area (Å²) in [4.78, 5) is 24.5. The number of fused-ring (bicyclic) bond motifs is 1. The molecule has 0 radical (unpaired) electrons. The number of amides is 2. The van der Waals surface area contributed by atoms with E-state index in [0.717, 1.165) is 5.39 Å². The number of aromatic nitrogens is 2. The van der Waals surface area contributed by atoms with E-state index in [1.165, 1.54) is 14.2 Å². The lowest BCUT2D eigenvalue weighted by Gasteiger charge is -2.11. The third kappa shape index (κ3) is 4.80. The van der Waals surface area contributed by atoms with Gasteiger partial charge in [0.1, 0.15) is 17.2 Å². The molecule has 9 nitrogen and oxygen atoms in total. The van der Waals surface area contributed by atoms with Crippen LogP contribution in [0.25, 0.3) is 10.9 Å². The van der Waals surface area contributed by atoms with Gasteiger partial charge < -0.3 is 19.5 Å². The molecule has 1 aromatic heterocycles. The van der Waals surface area contributed by atoms with E-state index in [4.69, 9.17) is 14.2 Å². The van der Waals surface area contributed by atoms with Crippen molar-refractivity contribution in [1.29, 1.82) is 0 Å². The Bertz CT molecular complexity index is 1060. The molecule has 2 aromatic carbocycles. The Labute approximate surface area is 173 Å². The Kier molecular flexibility index (Phi) is 6.41. The average molecular weight is 412 g/mol. The first-order valence-corrected chi connectivity index (χ1v) is 9.35. The van der Waals surface area contributed by atoms with Crippen LogP contribution in [0.15, 0.2) is 36.4 Å². The highest BCUT2D eigenvalue weighted by Gasteiger charge is 2.15. The third-order valence-corrected chi connectivity index (χ3v) is 4.26. The first kappa shape index (κ1) is 21.0. The van der Waals surface area contributed by atoms with Crippen molar-refractivity contribution in [1.82, 2.24) is 15.5 Å². The fourth-order valence-corrected chi connectivity index (χ4v) is 2.85. The molecule has 3 aromatic rings. The second-order valence-corrected chi connectivity index (χ2v) is 6.81. The maximum atomic E-state index is 12.6. The lowest BCUT2D eigenvalue weighted by molar-refractivity contribution is 0.0918. The van der Waals surface area contributed by atoms with Crippen molar-refractivity contribution >= 4 is 28.5 Å². The van der Waals surface area contributed by atoms with Crippen LogP contribution in [0.3, 0.4) is 0 Å². The highest BCUT2D eigenvalue weighted by Crippen LogP contribution is 2.27. The standard InChI is InChI=1S/C21H24N4O5/c1-12(2)22-21(27)23-20-15-7-5-14(10-17(15)24-25-20)30-11-18(26)16-9-13(28-3)6-8-19(16)29-4/h5-10,12H,11H2,1-4H3,(H3,22,23,24,25,27). The Hall–Kier alpha value is -3.75.